The fourth-order valence-electron chi connectivity index (χ4n) is 2.33. The molecule has 0 saturated carbocycles. The summed E-state index contributed by atoms with van der Waals surface area (Å²) < 4.78 is 10.2. The fraction of sp³-hybridized carbons (Fsp3) is 0.211. The highest BCUT2D eigenvalue weighted by Crippen LogP contribution is 2.29. The second-order valence-electron chi connectivity index (χ2n) is 5.74. The average Bonchev–Trinajstić information content (AvgIpc) is 2.71. The van der Waals surface area contributed by atoms with Gasteiger partial charge in [0.15, 0.2) is 6.61 Å². The van der Waals surface area contributed by atoms with E-state index >= 15 is 0 Å². The van der Waals surface area contributed by atoms with Crippen LogP contribution in [0.15, 0.2) is 47.4 Å². The number of nitrogens with one attached hydrogen (secondary N) is 1. The van der Waals surface area contributed by atoms with E-state index in [4.69, 9.17) is 15.2 Å². The maximum Gasteiger partial charge on any atom is 0.339 e. The number of nitrogens with zero attached hydrogens (tertiary/aromatic N) is 1. The molecule has 2 amide bonds. The number of anilines is 1. The Morgan fingerprint density at radius 1 is 1.20 bits per heavy atom. The van der Waals surface area contributed by atoms with Crippen molar-refractivity contribution in [2.75, 3.05) is 24.3 Å². The van der Waals surface area contributed by atoms with Gasteiger partial charge in [-0.3, -0.25) is 19.7 Å². The number of nitro groups is 1. The van der Waals surface area contributed by atoms with Gasteiger partial charge in [-0.05, 0) is 31.2 Å². The first kappa shape index (κ1) is 22.7. The Morgan fingerprint density at radius 3 is 2.60 bits per heavy atom. The van der Waals surface area contributed by atoms with E-state index < -0.39 is 29.3 Å². The van der Waals surface area contributed by atoms with Gasteiger partial charge in [-0.15, -0.1) is 11.8 Å². The van der Waals surface area contributed by atoms with E-state index in [0.29, 0.717) is 17.3 Å². The van der Waals surface area contributed by atoms with Crippen molar-refractivity contribution >= 4 is 40.9 Å². The molecule has 0 fully saturated rings. The zero-order chi connectivity index (χ0) is 22.1. The highest BCUT2D eigenvalue weighted by molar-refractivity contribution is 8.00. The number of nitrogens with two attached hydrogens (primary N) is 1. The summed E-state index contributed by atoms with van der Waals surface area (Å²) >= 11 is 1.07. The molecule has 158 valence electrons. The molecule has 3 N–H and O–H groups in total. The molecule has 2 aromatic rings. The van der Waals surface area contributed by atoms with Gasteiger partial charge in [-0.1, -0.05) is 12.1 Å². The number of thioether (sulfide) groups is 1. The van der Waals surface area contributed by atoms with Gasteiger partial charge in [-0.2, -0.15) is 0 Å². The first-order valence-electron chi connectivity index (χ1n) is 8.70. The van der Waals surface area contributed by atoms with Crippen LogP contribution in [0.3, 0.4) is 0 Å². The molecule has 10 nitrogen and oxygen atoms in total. The maximum absolute atomic E-state index is 12.3. The number of primary amides is 1. The Kier molecular flexibility index (Phi) is 8.18. The monoisotopic (exact) mass is 433 g/mol. The van der Waals surface area contributed by atoms with Crippen LogP contribution in [0.25, 0.3) is 0 Å². The molecule has 0 heterocycles. The van der Waals surface area contributed by atoms with E-state index in [9.17, 15) is 24.5 Å². The van der Waals surface area contributed by atoms with Crippen molar-refractivity contribution in [2.24, 2.45) is 5.73 Å². The van der Waals surface area contributed by atoms with Crippen LogP contribution in [0.1, 0.15) is 17.3 Å². The van der Waals surface area contributed by atoms with Crippen molar-refractivity contribution < 1.29 is 28.8 Å². The molecule has 0 unspecified atom stereocenters. The van der Waals surface area contributed by atoms with Crippen LogP contribution in [-0.4, -0.2) is 41.7 Å². The van der Waals surface area contributed by atoms with E-state index in [1.807, 2.05) is 0 Å². The van der Waals surface area contributed by atoms with Crippen LogP contribution in [0, 0.1) is 10.1 Å². The summed E-state index contributed by atoms with van der Waals surface area (Å²) in [5, 5.41) is 13.6. The Hall–Kier alpha value is -3.60. The Morgan fingerprint density at radius 2 is 1.93 bits per heavy atom. The van der Waals surface area contributed by atoms with Crippen molar-refractivity contribution in [2.45, 2.75) is 11.8 Å². The number of nitro benzene ring substituents is 1. The molecule has 0 aliphatic rings. The summed E-state index contributed by atoms with van der Waals surface area (Å²) in [6, 6.07) is 10.4. The molecule has 30 heavy (non-hydrogen) atoms. The lowest BCUT2D eigenvalue weighted by Crippen LogP contribution is -2.21. The molecule has 0 atom stereocenters. The maximum atomic E-state index is 12.3. The lowest BCUT2D eigenvalue weighted by atomic mass is 10.2. The third-order valence-electron chi connectivity index (χ3n) is 3.56. The quantitative estimate of drug-likeness (QED) is 0.251. The van der Waals surface area contributed by atoms with E-state index in [1.165, 1.54) is 24.3 Å². The number of carbonyl (C=O) groups excluding carboxylic acids is 3. The largest absolute Gasteiger partial charge is 0.494 e. The topological polar surface area (TPSA) is 151 Å². The lowest BCUT2D eigenvalue weighted by Gasteiger charge is -2.10. The second-order valence-corrected chi connectivity index (χ2v) is 6.76. The van der Waals surface area contributed by atoms with Gasteiger partial charge < -0.3 is 20.5 Å². The molecule has 0 spiro atoms. The molecule has 0 saturated heterocycles. The van der Waals surface area contributed by atoms with Gasteiger partial charge in [0.05, 0.1) is 28.9 Å². The zero-order valence-corrected chi connectivity index (χ0v) is 16.8. The van der Waals surface area contributed by atoms with Gasteiger partial charge >= 0.3 is 5.97 Å². The normalized spacial score (nSPS) is 10.2. The van der Waals surface area contributed by atoms with Crippen molar-refractivity contribution in [1.29, 1.82) is 0 Å². The van der Waals surface area contributed by atoms with Crippen molar-refractivity contribution in [1.82, 2.24) is 0 Å². The van der Waals surface area contributed by atoms with Gasteiger partial charge in [0.1, 0.15) is 11.4 Å². The summed E-state index contributed by atoms with van der Waals surface area (Å²) in [4.78, 5) is 46.4. The number of esters is 1. The molecule has 0 aromatic heterocycles. The second kappa shape index (κ2) is 10.8. The van der Waals surface area contributed by atoms with Crippen LogP contribution in [0.2, 0.25) is 0 Å². The van der Waals surface area contributed by atoms with E-state index in [-0.39, 0.29) is 22.7 Å². The van der Waals surface area contributed by atoms with E-state index in [1.54, 1.807) is 25.1 Å². The third kappa shape index (κ3) is 6.48. The van der Waals surface area contributed by atoms with Crippen molar-refractivity contribution in [3.05, 3.63) is 58.1 Å². The lowest BCUT2D eigenvalue weighted by molar-refractivity contribution is -0.384. The minimum absolute atomic E-state index is 0.0216. The summed E-state index contributed by atoms with van der Waals surface area (Å²) in [5.74, 6) is -1.80. The van der Waals surface area contributed by atoms with Crippen molar-refractivity contribution in [3.63, 3.8) is 0 Å². The Bertz CT molecular complexity index is 965. The highest BCUT2D eigenvalue weighted by atomic mass is 32.2. The predicted octanol–water partition coefficient (Wildman–Crippen LogP) is 2.37. The Balaban J connectivity index is 2.02. The van der Waals surface area contributed by atoms with Gasteiger partial charge in [0.2, 0.25) is 5.91 Å². The van der Waals surface area contributed by atoms with Crippen LogP contribution in [0.5, 0.6) is 5.75 Å². The third-order valence-corrected chi connectivity index (χ3v) is 4.66. The van der Waals surface area contributed by atoms with Gasteiger partial charge in [0.25, 0.3) is 11.6 Å². The summed E-state index contributed by atoms with van der Waals surface area (Å²) in [6.07, 6.45) is 0. The van der Waals surface area contributed by atoms with Crippen LogP contribution >= 0.6 is 11.8 Å². The molecule has 11 heteroatoms. The number of hydrogen-bond donors (Lipinski definition) is 2. The SMILES string of the molecule is CCOc1ccc(NC(=O)COC(=O)c2ccccc2SCC(N)=O)c([N+](=O)[O-])c1. The minimum Gasteiger partial charge on any atom is -0.494 e. The smallest absolute Gasteiger partial charge is 0.339 e. The number of benzene rings is 2. The fourth-order valence-corrected chi connectivity index (χ4v) is 3.11. The minimum atomic E-state index is -0.779. The standard InChI is InChI=1S/C19H19N3O7S/c1-2-28-12-7-8-14(15(9-12)22(26)27)21-18(24)10-29-19(25)13-5-3-4-6-16(13)30-11-17(20)23/h3-9H,2,10-11H2,1H3,(H2,20,23)(H,21,24). The van der Waals surface area contributed by atoms with Gasteiger partial charge in [0, 0.05) is 4.90 Å². The van der Waals surface area contributed by atoms with Crippen LogP contribution < -0.4 is 15.8 Å². The van der Waals surface area contributed by atoms with E-state index in [0.717, 1.165) is 11.8 Å². The van der Waals surface area contributed by atoms with Crippen LogP contribution in [0.4, 0.5) is 11.4 Å². The number of amides is 2. The molecular weight excluding hydrogens is 414 g/mol. The van der Waals surface area contributed by atoms with Crippen LogP contribution in [-0.2, 0) is 14.3 Å². The number of hydrogen-bond acceptors (Lipinski definition) is 8. The zero-order valence-electron chi connectivity index (χ0n) is 16.0. The predicted molar refractivity (Wildman–Crippen MR) is 110 cm³/mol. The van der Waals surface area contributed by atoms with Crippen molar-refractivity contribution in [3.8, 4) is 5.75 Å². The highest BCUT2D eigenvalue weighted by Gasteiger charge is 2.19. The molecule has 0 radical (unpaired) electrons. The Labute approximate surface area is 175 Å². The van der Waals surface area contributed by atoms with Gasteiger partial charge in [-0.25, -0.2) is 4.79 Å². The summed E-state index contributed by atoms with van der Waals surface area (Å²) in [5.41, 5.74) is 4.88. The number of rotatable bonds is 10. The molecule has 0 aliphatic heterocycles. The average molecular weight is 433 g/mol. The molecule has 2 rings (SSSR count). The first-order chi connectivity index (χ1) is 14.3. The molecule has 0 bridgehead atoms. The summed E-state index contributed by atoms with van der Waals surface area (Å²) in [7, 11) is 0. The molecular formula is C19H19N3O7S. The number of carbonyl (C=O) groups is 3. The molecule has 2 aromatic carbocycles. The molecule has 0 aliphatic carbocycles. The summed E-state index contributed by atoms with van der Waals surface area (Å²) in [6.45, 7) is 1.41. The number of ether oxygens (including phenoxy) is 2. The van der Waals surface area contributed by atoms with E-state index in [2.05, 4.69) is 5.32 Å². The first-order valence-corrected chi connectivity index (χ1v) is 9.68.